The number of pyridine rings is 1. The first-order chi connectivity index (χ1) is 13.3. The summed E-state index contributed by atoms with van der Waals surface area (Å²) in [5, 5.41) is 0. The Morgan fingerprint density at radius 1 is 1.36 bits per heavy atom. The van der Waals surface area contributed by atoms with Gasteiger partial charge in [-0.05, 0) is 42.8 Å². The van der Waals surface area contributed by atoms with Crippen LogP contribution in [0.15, 0.2) is 36.5 Å². The third-order valence-corrected chi connectivity index (χ3v) is 4.57. The van der Waals surface area contributed by atoms with E-state index in [2.05, 4.69) is 9.72 Å². The van der Waals surface area contributed by atoms with Crippen molar-refractivity contribution >= 4 is 23.7 Å². The Labute approximate surface area is 160 Å². The molecular weight excluding hydrogens is 369 g/mol. The standard InChI is InChI=1S/C19H18FN3O5/c1-10(17(21)24)16-9-23(19(26)28-16)12-3-4-13(14(20)8-12)11-5-6-22-15(7-11)18(25)27-2/h3-8,10,16H,9H2,1-2H3,(H2,21,24)/t10-,16?/m0/s1. The second-order valence-corrected chi connectivity index (χ2v) is 6.31. The first-order valence-electron chi connectivity index (χ1n) is 8.43. The molecule has 3 rings (SSSR count). The summed E-state index contributed by atoms with van der Waals surface area (Å²) in [5.41, 5.74) is 6.25. The highest BCUT2D eigenvalue weighted by Crippen LogP contribution is 2.30. The van der Waals surface area contributed by atoms with E-state index in [-0.39, 0.29) is 23.5 Å². The molecule has 2 N–H and O–H groups in total. The Morgan fingerprint density at radius 3 is 2.75 bits per heavy atom. The zero-order valence-electron chi connectivity index (χ0n) is 15.2. The summed E-state index contributed by atoms with van der Waals surface area (Å²) in [4.78, 5) is 40.1. The molecule has 9 heteroatoms. The van der Waals surface area contributed by atoms with Crippen LogP contribution >= 0.6 is 0 Å². The van der Waals surface area contributed by atoms with Crippen LogP contribution in [0, 0.1) is 11.7 Å². The second kappa shape index (κ2) is 7.63. The largest absolute Gasteiger partial charge is 0.464 e. The lowest BCUT2D eigenvalue weighted by atomic mass is 10.0. The maximum absolute atomic E-state index is 14.7. The third kappa shape index (κ3) is 3.64. The van der Waals surface area contributed by atoms with E-state index in [9.17, 15) is 18.8 Å². The fraction of sp³-hybridized carbons (Fsp3) is 0.263. The minimum Gasteiger partial charge on any atom is -0.464 e. The number of methoxy groups -OCH3 is 1. The van der Waals surface area contributed by atoms with Gasteiger partial charge in [0.1, 0.15) is 17.6 Å². The Morgan fingerprint density at radius 2 is 2.11 bits per heavy atom. The van der Waals surface area contributed by atoms with Gasteiger partial charge in [-0.3, -0.25) is 9.69 Å². The number of ether oxygens (including phenoxy) is 2. The molecule has 2 heterocycles. The Balaban J connectivity index is 1.86. The number of nitrogens with two attached hydrogens (primary N) is 1. The summed E-state index contributed by atoms with van der Waals surface area (Å²) < 4.78 is 24.5. The monoisotopic (exact) mass is 387 g/mol. The number of carbonyl (C=O) groups is 3. The number of hydrogen-bond acceptors (Lipinski definition) is 6. The first-order valence-corrected chi connectivity index (χ1v) is 8.43. The molecule has 28 heavy (non-hydrogen) atoms. The van der Waals surface area contributed by atoms with Gasteiger partial charge < -0.3 is 15.2 Å². The molecule has 0 aliphatic carbocycles. The van der Waals surface area contributed by atoms with E-state index in [0.717, 1.165) is 0 Å². The minimum atomic E-state index is -0.699. The van der Waals surface area contributed by atoms with Crippen molar-refractivity contribution in [3.63, 3.8) is 0 Å². The molecule has 2 atom stereocenters. The number of rotatable bonds is 5. The van der Waals surface area contributed by atoms with Crippen LogP contribution < -0.4 is 10.6 Å². The summed E-state index contributed by atoms with van der Waals surface area (Å²) in [6, 6.07) is 7.19. The van der Waals surface area contributed by atoms with E-state index in [4.69, 9.17) is 10.5 Å². The number of primary amides is 1. The minimum absolute atomic E-state index is 0.0508. The lowest BCUT2D eigenvalue weighted by Crippen LogP contribution is -2.34. The van der Waals surface area contributed by atoms with Crippen LogP contribution in [0.3, 0.4) is 0 Å². The number of anilines is 1. The molecule has 2 aromatic rings. The number of esters is 1. The van der Waals surface area contributed by atoms with Gasteiger partial charge in [-0.1, -0.05) is 0 Å². The van der Waals surface area contributed by atoms with Gasteiger partial charge in [0.15, 0.2) is 0 Å². The van der Waals surface area contributed by atoms with Gasteiger partial charge in [0.2, 0.25) is 5.91 Å². The molecular formula is C19H18FN3O5. The number of carbonyl (C=O) groups excluding carboxylic acids is 3. The summed E-state index contributed by atoms with van der Waals surface area (Å²) in [7, 11) is 1.23. The van der Waals surface area contributed by atoms with E-state index < -0.39 is 35.8 Å². The van der Waals surface area contributed by atoms with Crippen molar-refractivity contribution in [1.29, 1.82) is 0 Å². The quantitative estimate of drug-likeness (QED) is 0.787. The average molecular weight is 387 g/mol. The average Bonchev–Trinajstić information content (AvgIpc) is 3.08. The normalized spacial score (nSPS) is 17.2. The molecule has 1 saturated heterocycles. The van der Waals surface area contributed by atoms with Gasteiger partial charge in [0.25, 0.3) is 0 Å². The zero-order chi connectivity index (χ0) is 20.4. The molecule has 0 radical (unpaired) electrons. The van der Waals surface area contributed by atoms with Crippen molar-refractivity contribution in [2.24, 2.45) is 11.7 Å². The van der Waals surface area contributed by atoms with Crippen molar-refractivity contribution in [3.8, 4) is 11.1 Å². The number of cyclic esters (lactones) is 1. The molecule has 1 aliphatic heterocycles. The predicted octanol–water partition coefficient (Wildman–Crippen LogP) is 2.12. The molecule has 146 valence electrons. The van der Waals surface area contributed by atoms with Crippen LogP contribution in [-0.4, -0.2) is 42.7 Å². The van der Waals surface area contributed by atoms with Gasteiger partial charge in [-0.15, -0.1) is 0 Å². The van der Waals surface area contributed by atoms with Crippen molar-refractivity contribution in [2.75, 3.05) is 18.6 Å². The SMILES string of the molecule is COC(=O)c1cc(-c2ccc(N3CC([C@H](C)C(N)=O)OC3=O)cc2F)ccn1. The number of nitrogens with zero attached hydrogens (tertiary/aromatic N) is 2. The van der Waals surface area contributed by atoms with Crippen LogP contribution in [0.2, 0.25) is 0 Å². The third-order valence-electron chi connectivity index (χ3n) is 4.57. The fourth-order valence-electron chi connectivity index (χ4n) is 2.86. The Bertz CT molecular complexity index is 949. The van der Waals surface area contributed by atoms with E-state index in [1.165, 1.54) is 36.4 Å². The Hall–Kier alpha value is -3.49. The highest BCUT2D eigenvalue weighted by Gasteiger charge is 2.37. The number of benzene rings is 1. The van der Waals surface area contributed by atoms with Gasteiger partial charge >= 0.3 is 12.1 Å². The molecule has 0 saturated carbocycles. The van der Waals surface area contributed by atoms with Crippen molar-refractivity contribution in [2.45, 2.75) is 13.0 Å². The van der Waals surface area contributed by atoms with E-state index in [1.807, 2.05) is 0 Å². The molecule has 2 amide bonds. The lowest BCUT2D eigenvalue weighted by Gasteiger charge is -2.16. The predicted molar refractivity (Wildman–Crippen MR) is 96.9 cm³/mol. The molecule has 1 unspecified atom stereocenters. The molecule has 0 spiro atoms. The van der Waals surface area contributed by atoms with Crippen LogP contribution in [0.5, 0.6) is 0 Å². The van der Waals surface area contributed by atoms with E-state index >= 15 is 0 Å². The van der Waals surface area contributed by atoms with Crippen LogP contribution in [0.25, 0.3) is 11.1 Å². The topological polar surface area (TPSA) is 112 Å². The van der Waals surface area contributed by atoms with Crippen LogP contribution in [-0.2, 0) is 14.3 Å². The van der Waals surface area contributed by atoms with Crippen LogP contribution in [0.4, 0.5) is 14.9 Å². The number of hydrogen-bond donors (Lipinski definition) is 1. The smallest absolute Gasteiger partial charge is 0.414 e. The summed E-state index contributed by atoms with van der Waals surface area (Å²) >= 11 is 0. The number of aromatic nitrogens is 1. The number of amides is 2. The summed E-state index contributed by atoms with van der Waals surface area (Å²) in [6.45, 7) is 1.65. The number of halogens is 1. The maximum Gasteiger partial charge on any atom is 0.414 e. The molecule has 1 aliphatic rings. The Kier molecular flexibility index (Phi) is 5.25. The van der Waals surface area contributed by atoms with Gasteiger partial charge in [-0.25, -0.2) is 19.0 Å². The molecule has 1 aromatic heterocycles. The van der Waals surface area contributed by atoms with Gasteiger partial charge in [-0.2, -0.15) is 0 Å². The first kappa shape index (κ1) is 19.3. The van der Waals surface area contributed by atoms with E-state index in [1.54, 1.807) is 19.1 Å². The van der Waals surface area contributed by atoms with E-state index in [0.29, 0.717) is 5.56 Å². The van der Waals surface area contributed by atoms with Crippen molar-refractivity contribution in [3.05, 3.63) is 48.0 Å². The molecule has 0 bridgehead atoms. The molecule has 1 aromatic carbocycles. The fourth-order valence-corrected chi connectivity index (χ4v) is 2.86. The lowest BCUT2D eigenvalue weighted by molar-refractivity contribution is -0.123. The zero-order valence-corrected chi connectivity index (χ0v) is 15.2. The summed E-state index contributed by atoms with van der Waals surface area (Å²) in [6.07, 6.45) is 0.000429. The van der Waals surface area contributed by atoms with Gasteiger partial charge in [0, 0.05) is 11.8 Å². The highest BCUT2D eigenvalue weighted by molar-refractivity contribution is 5.91. The van der Waals surface area contributed by atoms with Crippen molar-refractivity contribution in [1.82, 2.24) is 4.98 Å². The van der Waals surface area contributed by atoms with Gasteiger partial charge in [0.05, 0.1) is 25.3 Å². The van der Waals surface area contributed by atoms with Crippen LogP contribution in [0.1, 0.15) is 17.4 Å². The maximum atomic E-state index is 14.7. The highest BCUT2D eigenvalue weighted by atomic mass is 19.1. The molecule has 8 nitrogen and oxygen atoms in total. The van der Waals surface area contributed by atoms with Crippen molar-refractivity contribution < 1.29 is 28.2 Å². The second-order valence-electron chi connectivity index (χ2n) is 6.31. The summed E-state index contributed by atoms with van der Waals surface area (Å²) in [5.74, 6) is -2.47. The molecule has 1 fully saturated rings.